The van der Waals surface area contributed by atoms with Crippen LogP contribution in [0.5, 0.6) is 0 Å². The van der Waals surface area contributed by atoms with E-state index < -0.39 is 0 Å². The van der Waals surface area contributed by atoms with Crippen molar-refractivity contribution in [3.63, 3.8) is 0 Å². The molecule has 2 aromatic heterocycles. The summed E-state index contributed by atoms with van der Waals surface area (Å²) in [7, 11) is 0. The van der Waals surface area contributed by atoms with Crippen molar-refractivity contribution in [2.24, 2.45) is 5.92 Å². The fourth-order valence-electron chi connectivity index (χ4n) is 4.26. The number of aryl methyl sites for hydroxylation is 1. The molecule has 2 N–H and O–H groups in total. The molecule has 1 aliphatic rings. The maximum Gasteiger partial charge on any atom is 0.273 e. The lowest BCUT2D eigenvalue weighted by molar-refractivity contribution is -0.125. The number of rotatable bonds is 9. The van der Waals surface area contributed by atoms with Crippen LogP contribution in [0.25, 0.3) is 10.3 Å². The van der Waals surface area contributed by atoms with E-state index >= 15 is 0 Å². The zero-order valence-corrected chi connectivity index (χ0v) is 21.1. The average Bonchev–Trinajstić information content (AvgIpc) is 3.31. The van der Waals surface area contributed by atoms with Gasteiger partial charge in [-0.15, -0.1) is 0 Å². The summed E-state index contributed by atoms with van der Waals surface area (Å²) in [6, 6.07) is 7.80. The van der Waals surface area contributed by atoms with Crippen molar-refractivity contribution in [1.29, 1.82) is 0 Å². The number of aromatic nitrogens is 3. The van der Waals surface area contributed by atoms with Crippen molar-refractivity contribution < 1.29 is 9.59 Å². The summed E-state index contributed by atoms with van der Waals surface area (Å²) in [6.07, 6.45) is 6.39. The second-order valence-electron chi connectivity index (χ2n) is 8.86. The van der Waals surface area contributed by atoms with E-state index in [9.17, 15) is 14.4 Å². The van der Waals surface area contributed by atoms with Gasteiger partial charge in [-0.1, -0.05) is 36.8 Å². The molecule has 3 aromatic rings. The minimum Gasteiger partial charge on any atom is -0.356 e. The average molecular weight is 497 g/mol. The SMILES string of the molecule is CCCCc1ccc(NC(=O)Cn2cnc3nc(N4CCC[C@@H](C(=O)NCC)C4)sc3c2=O)cc1. The number of nitrogens with one attached hydrogen (secondary N) is 2. The van der Waals surface area contributed by atoms with Crippen molar-refractivity contribution >= 4 is 44.3 Å². The van der Waals surface area contributed by atoms with Gasteiger partial charge in [-0.25, -0.2) is 4.98 Å². The van der Waals surface area contributed by atoms with E-state index in [1.54, 1.807) is 0 Å². The number of anilines is 2. The van der Waals surface area contributed by atoms with Crippen molar-refractivity contribution in [3.8, 4) is 0 Å². The lowest BCUT2D eigenvalue weighted by Crippen LogP contribution is -2.43. The number of hydrogen-bond acceptors (Lipinski definition) is 7. The first-order valence-corrected chi connectivity index (χ1v) is 13.1. The van der Waals surface area contributed by atoms with E-state index in [1.807, 2.05) is 31.2 Å². The summed E-state index contributed by atoms with van der Waals surface area (Å²) in [6.45, 7) is 5.90. The van der Waals surface area contributed by atoms with Gasteiger partial charge in [-0.05, 0) is 50.3 Å². The molecule has 10 heteroatoms. The highest BCUT2D eigenvalue weighted by Crippen LogP contribution is 2.29. The third kappa shape index (κ3) is 6.05. The first-order chi connectivity index (χ1) is 17.0. The standard InChI is InChI=1S/C25H32N6O3S/c1-3-5-7-17-9-11-19(12-10-17)28-20(32)15-31-16-27-22-21(24(31)34)35-25(29-22)30-13-6-8-18(14-30)23(33)26-4-2/h9-12,16,18H,3-8,13-15H2,1-2H3,(H,26,33)(H,28,32)/t18-/m1/s1. The van der Waals surface area contributed by atoms with Crippen LogP contribution in [-0.2, 0) is 22.6 Å². The van der Waals surface area contributed by atoms with E-state index in [2.05, 4.69) is 32.4 Å². The molecular weight excluding hydrogens is 464 g/mol. The number of hydrogen-bond donors (Lipinski definition) is 2. The molecule has 3 heterocycles. The lowest BCUT2D eigenvalue weighted by atomic mass is 9.97. The van der Waals surface area contributed by atoms with Crippen LogP contribution in [0.4, 0.5) is 10.8 Å². The van der Waals surface area contributed by atoms with Gasteiger partial charge in [0.2, 0.25) is 11.8 Å². The maximum atomic E-state index is 13.0. The van der Waals surface area contributed by atoms with Crippen molar-refractivity contribution in [2.75, 3.05) is 29.9 Å². The van der Waals surface area contributed by atoms with E-state index in [-0.39, 0.29) is 29.8 Å². The van der Waals surface area contributed by atoms with E-state index in [0.29, 0.717) is 34.3 Å². The first kappa shape index (κ1) is 24.8. The van der Waals surface area contributed by atoms with Crippen LogP contribution in [0.2, 0.25) is 0 Å². The number of benzene rings is 1. The molecule has 0 unspecified atom stereocenters. The molecule has 35 heavy (non-hydrogen) atoms. The van der Waals surface area contributed by atoms with Gasteiger partial charge in [-0.2, -0.15) is 4.98 Å². The molecule has 4 rings (SSSR count). The molecule has 0 radical (unpaired) electrons. The number of fused-ring (bicyclic) bond motifs is 1. The number of unbranched alkanes of at least 4 members (excludes halogenated alkanes) is 1. The molecule has 1 aliphatic heterocycles. The van der Waals surface area contributed by atoms with Crippen LogP contribution < -0.4 is 21.1 Å². The summed E-state index contributed by atoms with van der Waals surface area (Å²) in [5.74, 6) is -0.328. The summed E-state index contributed by atoms with van der Waals surface area (Å²) in [5, 5.41) is 6.42. The minimum absolute atomic E-state index is 0.0559. The van der Waals surface area contributed by atoms with Gasteiger partial charge in [0.15, 0.2) is 10.8 Å². The van der Waals surface area contributed by atoms with Crippen molar-refractivity contribution in [1.82, 2.24) is 19.9 Å². The van der Waals surface area contributed by atoms with E-state index in [0.717, 1.165) is 38.6 Å². The zero-order chi connectivity index (χ0) is 24.8. The largest absolute Gasteiger partial charge is 0.356 e. The predicted octanol–water partition coefficient (Wildman–Crippen LogP) is 3.19. The molecule has 0 saturated carbocycles. The Bertz CT molecular complexity index is 1240. The minimum atomic E-state index is -0.292. The second kappa shape index (κ2) is 11.4. The molecule has 0 aliphatic carbocycles. The summed E-state index contributed by atoms with van der Waals surface area (Å²) in [5.41, 5.74) is 2.02. The Hall–Kier alpha value is -3.27. The maximum absolute atomic E-state index is 13.0. The van der Waals surface area contributed by atoms with Crippen LogP contribution in [0.3, 0.4) is 0 Å². The molecule has 9 nitrogen and oxygen atoms in total. The fourth-order valence-corrected chi connectivity index (χ4v) is 5.26. The van der Waals surface area contributed by atoms with Gasteiger partial charge in [0.25, 0.3) is 5.56 Å². The number of piperidine rings is 1. The van der Waals surface area contributed by atoms with E-state index in [1.165, 1.54) is 27.8 Å². The van der Waals surface area contributed by atoms with Crippen LogP contribution >= 0.6 is 11.3 Å². The Morgan fingerprint density at radius 3 is 2.74 bits per heavy atom. The second-order valence-corrected chi connectivity index (χ2v) is 9.83. The quantitative estimate of drug-likeness (QED) is 0.471. The molecule has 0 bridgehead atoms. The lowest BCUT2D eigenvalue weighted by Gasteiger charge is -2.31. The topological polar surface area (TPSA) is 109 Å². The number of carbonyl (C=O) groups excluding carboxylic acids is 2. The normalized spacial score (nSPS) is 15.8. The smallest absolute Gasteiger partial charge is 0.273 e. The molecule has 1 saturated heterocycles. The number of thiazole rings is 1. The molecule has 1 atom stereocenters. The van der Waals surface area contributed by atoms with Gasteiger partial charge in [0.05, 0.1) is 5.92 Å². The number of carbonyl (C=O) groups is 2. The molecule has 1 fully saturated rings. The van der Waals surface area contributed by atoms with Gasteiger partial charge in [0.1, 0.15) is 17.6 Å². The Morgan fingerprint density at radius 2 is 2.00 bits per heavy atom. The predicted molar refractivity (Wildman–Crippen MR) is 139 cm³/mol. The Morgan fingerprint density at radius 1 is 1.20 bits per heavy atom. The summed E-state index contributed by atoms with van der Waals surface area (Å²) < 4.78 is 1.72. The Kier molecular flexibility index (Phi) is 8.12. The summed E-state index contributed by atoms with van der Waals surface area (Å²) in [4.78, 5) is 48.8. The third-order valence-corrected chi connectivity index (χ3v) is 7.25. The highest BCUT2D eigenvalue weighted by molar-refractivity contribution is 7.22. The highest BCUT2D eigenvalue weighted by Gasteiger charge is 2.27. The Labute approximate surface area is 208 Å². The van der Waals surface area contributed by atoms with Crippen LogP contribution in [-0.4, -0.2) is 46.0 Å². The van der Waals surface area contributed by atoms with Gasteiger partial charge in [0, 0.05) is 25.3 Å². The van der Waals surface area contributed by atoms with E-state index in [4.69, 9.17) is 0 Å². The van der Waals surface area contributed by atoms with Crippen molar-refractivity contribution in [2.45, 2.75) is 52.5 Å². The van der Waals surface area contributed by atoms with Crippen LogP contribution in [0, 0.1) is 5.92 Å². The molecule has 186 valence electrons. The number of amides is 2. The number of nitrogens with zero attached hydrogens (tertiary/aromatic N) is 4. The van der Waals surface area contributed by atoms with Crippen molar-refractivity contribution in [3.05, 3.63) is 46.5 Å². The molecule has 2 amide bonds. The highest BCUT2D eigenvalue weighted by atomic mass is 32.1. The van der Waals surface area contributed by atoms with Crippen LogP contribution in [0.1, 0.15) is 45.1 Å². The Balaban J connectivity index is 1.43. The van der Waals surface area contributed by atoms with Gasteiger partial charge < -0.3 is 15.5 Å². The van der Waals surface area contributed by atoms with Crippen LogP contribution in [0.15, 0.2) is 35.4 Å². The molecule has 0 spiro atoms. The first-order valence-electron chi connectivity index (χ1n) is 12.3. The zero-order valence-electron chi connectivity index (χ0n) is 20.2. The summed E-state index contributed by atoms with van der Waals surface area (Å²) >= 11 is 1.27. The monoisotopic (exact) mass is 496 g/mol. The van der Waals surface area contributed by atoms with Gasteiger partial charge >= 0.3 is 0 Å². The molecular formula is C25H32N6O3S. The fraction of sp³-hybridized carbons (Fsp3) is 0.480. The third-order valence-electron chi connectivity index (χ3n) is 6.16. The van der Waals surface area contributed by atoms with Gasteiger partial charge in [-0.3, -0.25) is 19.0 Å². The molecule has 1 aromatic carbocycles.